The number of amides is 4. The van der Waals surface area contributed by atoms with Crippen LogP contribution in [-0.2, 0) is 38.9 Å². The van der Waals surface area contributed by atoms with Crippen molar-refractivity contribution in [2.75, 3.05) is 37.8 Å². The van der Waals surface area contributed by atoms with E-state index in [4.69, 9.17) is 16.3 Å². The summed E-state index contributed by atoms with van der Waals surface area (Å²) < 4.78 is 21.9. The number of nitrogens with zero attached hydrogens (tertiary/aromatic N) is 8. The third-order valence-corrected chi connectivity index (χ3v) is 14.4. The molecule has 3 aromatic heterocycles. The summed E-state index contributed by atoms with van der Waals surface area (Å²) in [5.74, 6) is -1.03. The summed E-state index contributed by atoms with van der Waals surface area (Å²) in [6, 6.07) is 13.9. The summed E-state index contributed by atoms with van der Waals surface area (Å²) in [6.45, 7) is 9.28. The van der Waals surface area contributed by atoms with E-state index in [9.17, 15) is 28.7 Å². The molecule has 6 aromatic rings. The van der Waals surface area contributed by atoms with Crippen molar-refractivity contribution in [2.45, 2.75) is 130 Å². The monoisotopic (exact) mass is 1090 g/mol. The van der Waals surface area contributed by atoms with Gasteiger partial charge < -0.3 is 40.9 Å². The highest BCUT2D eigenvalue weighted by atomic mass is 35.5. The minimum Gasteiger partial charge on any atom is -0.485 e. The molecule has 0 saturated carbocycles. The number of carbonyl (C=O) groups excluding carboxylic acids is 4. The molecule has 5 N–H and O–H groups in total. The van der Waals surface area contributed by atoms with Gasteiger partial charge in [-0.2, -0.15) is 0 Å². The van der Waals surface area contributed by atoms with Crippen LogP contribution in [-0.4, -0.2) is 114 Å². The molecule has 3 atom stereocenters. The molecule has 4 heterocycles. The van der Waals surface area contributed by atoms with E-state index < -0.39 is 29.4 Å². The van der Waals surface area contributed by atoms with Crippen molar-refractivity contribution >= 4 is 74.7 Å². The number of likely N-dealkylation sites (tertiary alicyclic amines) is 1. The fourth-order valence-electron chi connectivity index (χ4n) is 8.96. The minimum absolute atomic E-state index is 0.0201. The smallest absolute Gasteiger partial charge is 0.248 e. The van der Waals surface area contributed by atoms with Gasteiger partial charge in [0.15, 0.2) is 0 Å². The fraction of sp³-hybridized carbons (Fsp3) is 0.446. The summed E-state index contributed by atoms with van der Waals surface area (Å²) in [7, 11) is 3.81. The lowest BCUT2D eigenvalue weighted by molar-refractivity contribution is -0.144. The number of halogens is 2. The van der Waals surface area contributed by atoms with Gasteiger partial charge in [0.05, 0.1) is 44.6 Å². The maximum absolute atomic E-state index is 14.1. The molecule has 18 nitrogen and oxygen atoms in total. The lowest BCUT2D eigenvalue weighted by atomic mass is 9.85. The molecule has 0 spiro atoms. The molecule has 1 saturated heterocycles. The topological polar surface area (TPSA) is 222 Å². The lowest BCUT2D eigenvalue weighted by Gasteiger charge is -2.35. The molecule has 0 radical (unpaired) electrons. The van der Waals surface area contributed by atoms with E-state index in [1.807, 2.05) is 82.7 Å². The first-order valence-corrected chi connectivity index (χ1v) is 27.4. The number of rotatable bonds is 26. The number of ether oxygens (including phenoxy) is 1. The van der Waals surface area contributed by atoms with E-state index in [1.54, 1.807) is 40.3 Å². The van der Waals surface area contributed by atoms with E-state index in [2.05, 4.69) is 46.5 Å². The molecule has 77 heavy (non-hydrogen) atoms. The second kappa shape index (κ2) is 27.4. The molecule has 4 amide bonds. The average Bonchev–Trinajstić information content (AvgIpc) is 4.16. The number of fused-ring (bicyclic) bond motifs is 1. The van der Waals surface area contributed by atoms with Crippen molar-refractivity contribution in [1.82, 2.24) is 50.4 Å². The zero-order valence-corrected chi connectivity index (χ0v) is 46.2. The van der Waals surface area contributed by atoms with Crippen molar-refractivity contribution in [3.8, 4) is 16.2 Å². The van der Waals surface area contributed by atoms with Crippen molar-refractivity contribution in [3.63, 3.8) is 0 Å². The Morgan fingerprint density at radius 2 is 1.71 bits per heavy atom. The highest BCUT2D eigenvalue weighted by molar-refractivity contribution is 7.13. The van der Waals surface area contributed by atoms with Crippen LogP contribution in [0, 0.1) is 18.2 Å². The third kappa shape index (κ3) is 16.8. The van der Waals surface area contributed by atoms with Crippen LogP contribution >= 0.6 is 22.9 Å². The third-order valence-electron chi connectivity index (χ3n) is 13.1. The van der Waals surface area contributed by atoms with E-state index >= 15 is 0 Å². The number of aliphatic hydroxyl groups is 1. The molecule has 7 rings (SSSR count). The number of thiazole rings is 1. The Bertz CT molecular complexity index is 3000. The molecule has 1 aliphatic rings. The molecule has 21 heteroatoms. The van der Waals surface area contributed by atoms with Crippen LogP contribution in [0.15, 0.2) is 84.8 Å². The molecule has 410 valence electrons. The molecule has 0 unspecified atom stereocenters. The number of likely N-dealkylation sites (N-methyl/N-ethyl adjacent to an activating group) is 1. The van der Waals surface area contributed by atoms with Gasteiger partial charge in [0.25, 0.3) is 0 Å². The quantitative estimate of drug-likeness (QED) is 0.0253. The minimum atomic E-state index is -0.867. The predicted octanol–water partition coefficient (Wildman–Crippen LogP) is 9.14. The summed E-state index contributed by atoms with van der Waals surface area (Å²) in [6.07, 6.45) is 13.7. The summed E-state index contributed by atoms with van der Waals surface area (Å²) in [4.78, 5) is 71.4. The maximum atomic E-state index is 14.1. The van der Waals surface area contributed by atoms with Gasteiger partial charge in [0.1, 0.15) is 48.1 Å². The van der Waals surface area contributed by atoms with Gasteiger partial charge in [-0.3, -0.25) is 23.9 Å². The highest BCUT2D eigenvalue weighted by Crippen LogP contribution is 2.35. The van der Waals surface area contributed by atoms with Gasteiger partial charge in [-0.05, 0) is 74.7 Å². The first kappa shape index (κ1) is 57.8. The van der Waals surface area contributed by atoms with Gasteiger partial charge in [-0.25, -0.2) is 19.3 Å². The van der Waals surface area contributed by atoms with Gasteiger partial charge in [-0.1, -0.05) is 106 Å². The molecule has 0 aliphatic carbocycles. The van der Waals surface area contributed by atoms with E-state index in [1.165, 1.54) is 29.4 Å². The number of aliphatic hydroxyl groups excluding tert-OH is 1. The van der Waals surface area contributed by atoms with Crippen molar-refractivity contribution in [1.29, 1.82) is 0 Å². The Labute approximate surface area is 458 Å². The first-order valence-electron chi connectivity index (χ1n) is 26.1. The van der Waals surface area contributed by atoms with E-state index in [0.29, 0.717) is 59.0 Å². The van der Waals surface area contributed by atoms with Crippen molar-refractivity contribution in [2.24, 2.45) is 5.41 Å². The van der Waals surface area contributed by atoms with Gasteiger partial charge >= 0.3 is 0 Å². The molecule has 1 aliphatic heterocycles. The average molecular weight is 1090 g/mol. The number of benzene rings is 3. The van der Waals surface area contributed by atoms with Crippen molar-refractivity contribution < 1.29 is 33.4 Å². The molecule has 3 aromatic carbocycles. The zero-order chi connectivity index (χ0) is 55.1. The maximum Gasteiger partial charge on any atom is 0.248 e. The molecule has 1 fully saturated rings. The van der Waals surface area contributed by atoms with Crippen LogP contribution in [0.3, 0.4) is 0 Å². The number of nitrogens with one attached hydrogen (secondary N) is 4. The van der Waals surface area contributed by atoms with Crippen LogP contribution < -0.4 is 26.0 Å². The number of hydrogen-bond donors (Lipinski definition) is 5. The lowest BCUT2D eigenvalue weighted by Crippen LogP contribution is -2.57. The highest BCUT2D eigenvalue weighted by Gasteiger charge is 2.44. The molecular weight excluding hydrogens is 1020 g/mol. The second-order valence-electron chi connectivity index (χ2n) is 20.8. The number of unbranched alkanes of at least 4 members (excludes halogenated alkanes) is 7. The molecule has 0 bridgehead atoms. The predicted molar refractivity (Wildman–Crippen MR) is 298 cm³/mol. The Morgan fingerprint density at radius 3 is 2.42 bits per heavy atom. The fourth-order valence-corrected chi connectivity index (χ4v) is 9.95. The van der Waals surface area contributed by atoms with Gasteiger partial charge in [0, 0.05) is 62.2 Å². The zero-order valence-electron chi connectivity index (χ0n) is 44.7. The normalized spacial score (nSPS) is 15.1. The summed E-state index contributed by atoms with van der Waals surface area (Å²) in [5, 5.41) is 31.8. The second-order valence-corrected chi connectivity index (χ2v) is 22.0. The van der Waals surface area contributed by atoms with E-state index in [-0.39, 0.29) is 61.2 Å². The van der Waals surface area contributed by atoms with Gasteiger partial charge in [-0.15, -0.1) is 16.4 Å². The number of anilines is 3. The standard InChI is InChI=1S/C56H70ClFN12O6S/c1-36-51(77-35-62-36)38-20-18-37(19-21-38)30-59-54(74)47-27-41(71)32-70(47)55(75)52(56(2,3)4)65-50(73)16-13-11-9-7-8-10-12-14-25-69-31-40(66-67-69)33-76-48-29-45-42(28-46(48)64-49(72)17-15-24-68(5)6)53(61-34-60-45)63-39-22-23-44(58)43(57)26-39/h15,17-23,26,28-29,31,34-35,41,47,52,71H,7-14,16,24-25,27,30,32-33H2,1-6H3,(H,59,74)(H,64,72)(H,65,73)(H,60,61,63)/b17-15+/t41-,47+,52-/m1/s1. The SMILES string of the molecule is Cc1ncsc1-c1ccc(CNC(=O)[C@@H]2C[C@@H](O)CN2C(=O)[C@@H](NC(=O)CCCCCCCCCCn2cc(COc3cc4ncnc(Nc5ccc(F)c(Cl)c5)c4cc3NC(=O)/C=C/CN(C)C)nn2)C(C)(C)C)cc1. The number of carbonyl (C=O) groups is 4. The molecular formula is C56H70ClFN12O6S. The number of hydrogen-bond acceptors (Lipinski definition) is 14. The number of aryl methyl sites for hydroxylation is 2. The van der Waals surface area contributed by atoms with Crippen LogP contribution in [0.5, 0.6) is 5.75 Å². The van der Waals surface area contributed by atoms with Crippen LogP contribution in [0.1, 0.15) is 102 Å². The number of aromatic nitrogens is 6. The summed E-state index contributed by atoms with van der Waals surface area (Å²) in [5.41, 5.74) is 6.17. The van der Waals surface area contributed by atoms with Crippen LogP contribution in [0.4, 0.5) is 21.6 Å². The summed E-state index contributed by atoms with van der Waals surface area (Å²) >= 11 is 7.60. The first-order chi connectivity index (χ1) is 36.9. The Kier molecular flexibility index (Phi) is 20.6. The van der Waals surface area contributed by atoms with E-state index in [0.717, 1.165) is 66.6 Å². The van der Waals surface area contributed by atoms with Crippen molar-refractivity contribution in [3.05, 3.63) is 113 Å². The van der Waals surface area contributed by atoms with Gasteiger partial charge in [0.2, 0.25) is 23.6 Å². The number of β-amino-alcohol motifs (C(OH)–C–C–N with tert-alkyl or cyclic N) is 1. The Balaban J connectivity index is 0.807. The Hall–Kier alpha value is -6.87. The van der Waals surface area contributed by atoms with Crippen LogP contribution in [0.25, 0.3) is 21.3 Å². The van der Waals surface area contributed by atoms with Crippen LogP contribution in [0.2, 0.25) is 5.02 Å². The Morgan fingerprint density at radius 1 is 0.974 bits per heavy atom. The largest absolute Gasteiger partial charge is 0.485 e.